The van der Waals surface area contributed by atoms with Gasteiger partial charge in [-0.05, 0) is 31.2 Å². The maximum absolute atomic E-state index is 12.6. The van der Waals surface area contributed by atoms with E-state index in [0.717, 1.165) is 31.7 Å². The van der Waals surface area contributed by atoms with E-state index in [2.05, 4.69) is 39.7 Å². The minimum absolute atomic E-state index is 0.147. The lowest BCUT2D eigenvalue weighted by Gasteiger charge is -2.13. The van der Waals surface area contributed by atoms with Crippen LogP contribution in [-0.2, 0) is 6.54 Å². The second kappa shape index (κ2) is 8.12. The maximum atomic E-state index is 12.6. The van der Waals surface area contributed by atoms with Crippen LogP contribution in [0.2, 0.25) is 5.02 Å². The van der Waals surface area contributed by atoms with E-state index < -0.39 is 0 Å². The molecule has 1 aliphatic heterocycles. The van der Waals surface area contributed by atoms with E-state index in [1.165, 1.54) is 10.5 Å². The number of amides is 1. The summed E-state index contributed by atoms with van der Waals surface area (Å²) in [4.78, 5) is 18.5. The number of carbonyl (C=O) groups excluding carboxylic acids is 1. The number of nitrogens with zero attached hydrogens (tertiary/aromatic N) is 3. The number of rotatable bonds is 5. The highest BCUT2D eigenvalue weighted by Gasteiger charge is 2.29. The molecule has 1 saturated heterocycles. The van der Waals surface area contributed by atoms with E-state index in [9.17, 15) is 4.79 Å². The third-order valence-corrected chi connectivity index (χ3v) is 5.31. The molecule has 2 N–H and O–H groups in total. The van der Waals surface area contributed by atoms with E-state index >= 15 is 0 Å². The number of hydrogen-bond donors (Lipinski definition) is 2. The van der Waals surface area contributed by atoms with Gasteiger partial charge in [0, 0.05) is 17.0 Å². The number of benzene rings is 2. The van der Waals surface area contributed by atoms with Gasteiger partial charge in [-0.1, -0.05) is 41.9 Å². The van der Waals surface area contributed by atoms with Crippen LogP contribution in [0.1, 0.15) is 28.4 Å². The highest BCUT2D eigenvalue weighted by atomic mass is 35.5. The fourth-order valence-electron chi connectivity index (χ4n) is 3.66. The lowest BCUT2D eigenvalue weighted by Crippen LogP contribution is -3.09. The summed E-state index contributed by atoms with van der Waals surface area (Å²) in [6, 6.07) is 17.9. The average molecular weight is 397 g/mol. The Kier molecular flexibility index (Phi) is 5.41. The summed E-state index contributed by atoms with van der Waals surface area (Å²) < 4.78 is 1.66. The molecule has 1 aromatic heterocycles. The van der Waals surface area contributed by atoms with Crippen molar-refractivity contribution < 1.29 is 9.69 Å². The largest absolute Gasteiger partial charge is 0.341 e. The topological polar surface area (TPSA) is 64.2 Å². The fourth-order valence-corrected chi connectivity index (χ4v) is 3.79. The first kappa shape index (κ1) is 18.7. The predicted molar refractivity (Wildman–Crippen MR) is 108 cm³/mol. The van der Waals surface area contributed by atoms with Crippen LogP contribution in [0, 0.1) is 6.92 Å². The van der Waals surface area contributed by atoms with Crippen molar-refractivity contribution in [3.63, 3.8) is 0 Å². The highest BCUT2D eigenvalue weighted by molar-refractivity contribution is 6.30. The molecule has 6 nitrogen and oxygen atoms in total. The van der Waals surface area contributed by atoms with Crippen LogP contribution >= 0.6 is 11.6 Å². The second-order valence-electron chi connectivity index (χ2n) is 7.20. The number of aryl methyl sites for hydroxylation is 1. The van der Waals surface area contributed by atoms with Gasteiger partial charge in [0.05, 0.1) is 24.8 Å². The van der Waals surface area contributed by atoms with Crippen LogP contribution in [0.4, 0.5) is 0 Å². The van der Waals surface area contributed by atoms with Gasteiger partial charge in [-0.2, -0.15) is 0 Å². The molecule has 1 unspecified atom stereocenters. The van der Waals surface area contributed by atoms with Crippen molar-refractivity contribution in [1.29, 1.82) is 0 Å². The van der Waals surface area contributed by atoms with Gasteiger partial charge in [0.1, 0.15) is 12.4 Å². The molecule has 1 aliphatic rings. The van der Waals surface area contributed by atoms with Crippen molar-refractivity contribution >= 4 is 17.5 Å². The standard InChI is InChI=1S/C21H22ClN5O/c1-15-23-20(25-27(15)19-9-7-17(22)8-10-19)21(28)24-18-11-12-26(14-18)13-16-5-3-2-4-6-16/h2-10,18H,11-14H2,1H3,(H,24,28)/p+1/t18-/m0/s1. The SMILES string of the molecule is Cc1nc(C(=O)N[C@H]2CC[NH+](Cc3ccccc3)C2)nn1-c1ccc(Cl)cc1. The van der Waals surface area contributed by atoms with Crippen LogP contribution < -0.4 is 10.2 Å². The molecule has 2 heterocycles. The van der Waals surface area contributed by atoms with E-state index in [1.54, 1.807) is 16.8 Å². The normalized spacial score (nSPS) is 18.9. The quantitative estimate of drug-likeness (QED) is 0.691. The van der Waals surface area contributed by atoms with E-state index in [0.29, 0.717) is 10.8 Å². The average Bonchev–Trinajstić information content (AvgIpc) is 3.30. The van der Waals surface area contributed by atoms with Crippen LogP contribution in [-0.4, -0.2) is 39.8 Å². The van der Waals surface area contributed by atoms with Crippen molar-refractivity contribution in [1.82, 2.24) is 20.1 Å². The van der Waals surface area contributed by atoms with Gasteiger partial charge < -0.3 is 10.2 Å². The van der Waals surface area contributed by atoms with Gasteiger partial charge in [0.15, 0.2) is 0 Å². The summed E-state index contributed by atoms with van der Waals surface area (Å²) in [5.74, 6) is 0.640. The lowest BCUT2D eigenvalue weighted by molar-refractivity contribution is -0.901. The number of quaternary nitrogens is 1. The molecule has 144 valence electrons. The molecule has 28 heavy (non-hydrogen) atoms. The Balaban J connectivity index is 1.38. The minimum Gasteiger partial charge on any atom is -0.341 e. The highest BCUT2D eigenvalue weighted by Crippen LogP contribution is 2.14. The summed E-state index contributed by atoms with van der Waals surface area (Å²) in [5.41, 5.74) is 2.15. The van der Waals surface area contributed by atoms with Crippen LogP contribution in [0.5, 0.6) is 0 Å². The molecule has 7 heteroatoms. The molecule has 4 rings (SSSR count). The zero-order chi connectivity index (χ0) is 19.5. The van der Waals surface area contributed by atoms with E-state index in [1.807, 2.05) is 25.1 Å². The monoisotopic (exact) mass is 396 g/mol. The first-order chi connectivity index (χ1) is 13.6. The van der Waals surface area contributed by atoms with E-state index in [-0.39, 0.29) is 17.8 Å². The van der Waals surface area contributed by atoms with Gasteiger partial charge in [-0.25, -0.2) is 9.67 Å². The number of hydrogen-bond acceptors (Lipinski definition) is 3. The predicted octanol–water partition coefficient (Wildman–Crippen LogP) is 1.82. The maximum Gasteiger partial charge on any atom is 0.291 e. The van der Waals surface area contributed by atoms with Crippen molar-refractivity contribution in [2.24, 2.45) is 0 Å². The second-order valence-corrected chi connectivity index (χ2v) is 7.63. The van der Waals surface area contributed by atoms with E-state index in [4.69, 9.17) is 11.6 Å². The smallest absolute Gasteiger partial charge is 0.291 e. The summed E-state index contributed by atoms with van der Waals surface area (Å²) >= 11 is 5.94. The Morgan fingerprint density at radius 3 is 2.71 bits per heavy atom. The van der Waals surface area contributed by atoms with Crippen LogP contribution in [0.3, 0.4) is 0 Å². The van der Waals surface area contributed by atoms with Gasteiger partial charge in [-0.15, -0.1) is 5.10 Å². The molecule has 1 fully saturated rings. The van der Waals surface area contributed by atoms with Crippen LogP contribution in [0.15, 0.2) is 54.6 Å². The van der Waals surface area contributed by atoms with Crippen LogP contribution in [0.25, 0.3) is 5.69 Å². The van der Waals surface area contributed by atoms with Gasteiger partial charge >= 0.3 is 0 Å². The minimum atomic E-state index is -0.221. The van der Waals surface area contributed by atoms with Crippen molar-refractivity contribution in [3.05, 3.63) is 76.8 Å². The molecule has 2 atom stereocenters. The zero-order valence-corrected chi connectivity index (χ0v) is 16.5. The number of halogens is 1. The Hall–Kier alpha value is -2.70. The first-order valence-electron chi connectivity index (χ1n) is 9.46. The Labute approximate surface area is 169 Å². The molecular formula is C21H23ClN5O+. The summed E-state index contributed by atoms with van der Waals surface area (Å²) in [6.45, 7) is 4.78. The third-order valence-electron chi connectivity index (χ3n) is 5.06. The molecule has 0 spiro atoms. The fraction of sp³-hybridized carbons (Fsp3) is 0.286. The Bertz CT molecular complexity index is 955. The summed E-state index contributed by atoms with van der Waals surface area (Å²) in [5, 5.41) is 8.13. The lowest BCUT2D eigenvalue weighted by atomic mass is 10.2. The molecule has 0 saturated carbocycles. The molecule has 0 radical (unpaired) electrons. The third kappa shape index (κ3) is 4.24. The number of carbonyl (C=O) groups is 1. The molecule has 3 aromatic rings. The van der Waals surface area contributed by atoms with Crippen molar-refractivity contribution in [3.8, 4) is 5.69 Å². The molecular weight excluding hydrogens is 374 g/mol. The van der Waals surface area contributed by atoms with Gasteiger partial charge in [-0.3, -0.25) is 4.79 Å². The molecule has 0 bridgehead atoms. The zero-order valence-electron chi connectivity index (χ0n) is 15.7. The van der Waals surface area contributed by atoms with Crippen molar-refractivity contribution in [2.45, 2.75) is 25.9 Å². The summed E-state index contributed by atoms with van der Waals surface area (Å²) in [6.07, 6.45) is 0.963. The van der Waals surface area contributed by atoms with Crippen molar-refractivity contribution in [2.75, 3.05) is 13.1 Å². The molecule has 0 aliphatic carbocycles. The summed E-state index contributed by atoms with van der Waals surface area (Å²) in [7, 11) is 0. The number of likely N-dealkylation sites (tertiary alicyclic amines) is 1. The number of nitrogens with one attached hydrogen (secondary N) is 2. The Morgan fingerprint density at radius 1 is 1.21 bits per heavy atom. The number of aromatic nitrogens is 3. The molecule has 1 amide bonds. The van der Waals surface area contributed by atoms with Gasteiger partial charge in [0.2, 0.25) is 5.82 Å². The Morgan fingerprint density at radius 2 is 1.96 bits per heavy atom. The first-order valence-corrected chi connectivity index (χ1v) is 9.84. The molecule has 2 aromatic carbocycles. The van der Waals surface area contributed by atoms with Gasteiger partial charge in [0.25, 0.3) is 5.91 Å².